The van der Waals surface area contributed by atoms with E-state index in [1.54, 1.807) is 0 Å². The van der Waals surface area contributed by atoms with Gasteiger partial charge in [-0.1, -0.05) is 30.3 Å². The van der Waals surface area contributed by atoms with Crippen LogP contribution in [-0.4, -0.2) is 37.3 Å². The van der Waals surface area contributed by atoms with Crippen LogP contribution >= 0.6 is 0 Å². The third kappa shape index (κ3) is 5.44. The number of hydrogen-bond donors (Lipinski definition) is 3. The number of benzene rings is 1. The van der Waals surface area contributed by atoms with E-state index in [9.17, 15) is 9.90 Å². The number of ether oxygens (including phenoxy) is 1. The lowest BCUT2D eigenvalue weighted by molar-refractivity contribution is -0.126. The molecule has 1 unspecified atom stereocenters. The Labute approximate surface area is 101 Å². The molecule has 0 bridgehead atoms. The van der Waals surface area contributed by atoms with Crippen LogP contribution in [-0.2, 0) is 9.53 Å². The molecule has 0 aliphatic heterocycles. The SMILES string of the molecule is NCCOCC(=O)NCC(O)c1ccccc1. The minimum absolute atomic E-state index is 0.0291. The lowest BCUT2D eigenvalue weighted by Crippen LogP contribution is -2.32. The van der Waals surface area contributed by atoms with Crippen LogP contribution in [0.1, 0.15) is 11.7 Å². The normalized spacial score (nSPS) is 12.1. The van der Waals surface area contributed by atoms with Crippen LogP contribution in [0.4, 0.5) is 0 Å². The maximum atomic E-state index is 11.3. The van der Waals surface area contributed by atoms with E-state index in [0.717, 1.165) is 5.56 Å². The van der Waals surface area contributed by atoms with E-state index in [2.05, 4.69) is 5.32 Å². The predicted octanol–water partition coefficient (Wildman–Crippen LogP) is -0.188. The van der Waals surface area contributed by atoms with Gasteiger partial charge in [-0.3, -0.25) is 4.79 Å². The Morgan fingerprint density at radius 3 is 2.76 bits per heavy atom. The molecule has 1 aromatic rings. The Morgan fingerprint density at radius 2 is 2.12 bits per heavy atom. The quantitative estimate of drug-likeness (QED) is 0.575. The fourth-order valence-electron chi connectivity index (χ4n) is 1.30. The molecule has 17 heavy (non-hydrogen) atoms. The molecule has 5 heteroatoms. The Morgan fingerprint density at radius 1 is 1.41 bits per heavy atom. The number of amides is 1. The van der Waals surface area contributed by atoms with Crippen molar-refractivity contribution in [2.24, 2.45) is 5.73 Å². The van der Waals surface area contributed by atoms with Gasteiger partial charge in [-0.05, 0) is 5.56 Å². The second-order valence-corrected chi connectivity index (χ2v) is 3.57. The van der Waals surface area contributed by atoms with E-state index in [4.69, 9.17) is 10.5 Å². The zero-order valence-electron chi connectivity index (χ0n) is 9.63. The van der Waals surface area contributed by atoms with Crippen LogP contribution in [0.15, 0.2) is 30.3 Å². The number of hydrogen-bond acceptors (Lipinski definition) is 4. The van der Waals surface area contributed by atoms with Crippen molar-refractivity contribution in [3.8, 4) is 0 Å². The first kappa shape index (κ1) is 13.6. The molecule has 0 fully saturated rings. The van der Waals surface area contributed by atoms with Gasteiger partial charge in [0.1, 0.15) is 6.61 Å². The monoisotopic (exact) mass is 238 g/mol. The Hall–Kier alpha value is -1.43. The molecule has 1 atom stereocenters. The molecule has 0 saturated heterocycles. The number of aliphatic hydroxyl groups excluding tert-OH is 1. The maximum Gasteiger partial charge on any atom is 0.246 e. The first-order valence-corrected chi connectivity index (χ1v) is 5.51. The zero-order chi connectivity index (χ0) is 12.5. The highest BCUT2D eigenvalue weighted by atomic mass is 16.5. The van der Waals surface area contributed by atoms with E-state index in [1.807, 2.05) is 30.3 Å². The Kier molecular flexibility index (Phi) is 6.24. The topological polar surface area (TPSA) is 84.6 Å². The molecular formula is C12H18N2O3. The predicted molar refractivity (Wildman–Crippen MR) is 64.3 cm³/mol. The van der Waals surface area contributed by atoms with Gasteiger partial charge < -0.3 is 20.9 Å². The number of nitrogens with two attached hydrogens (primary N) is 1. The van der Waals surface area contributed by atoms with Crippen LogP contribution in [0.3, 0.4) is 0 Å². The van der Waals surface area contributed by atoms with E-state index < -0.39 is 6.10 Å². The number of aliphatic hydroxyl groups is 1. The fraction of sp³-hybridized carbons (Fsp3) is 0.417. The van der Waals surface area contributed by atoms with Gasteiger partial charge in [-0.2, -0.15) is 0 Å². The van der Waals surface area contributed by atoms with Gasteiger partial charge in [0.15, 0.2) is 0 Å². The van der Waals surface area contributed by atoms with Crippen molar-refractivity contribution in [1.82, 2.24) is 5.32 Å². The molecule has 0 heterocycles. The van der Waals surface area contributed by atoms with Crippen LogP contribution in [0.5, 0.6) is 0 Å². The van der Waals surface area contributed by atoms with Crippen molar-refractivity contribution >= 4 is 5.91 Å². The summed E-state index contributed by atoms with van der Waals surface area (Å²) in [5.41, 5.74) is 5.99. The second-order valence-electron chi connectivity index (χ2n) is 3.57. The van der Waals surface area contributed by atoms with Crippen LogP contribution < -0.4 is 11.1 Å². The highest BCUT2D eigenvalue weighted by Crippen LogP contribution is 2.10. The molecule has 1 amide bonds. The van der Waals surface area contributed by atoms with Crippen molar-refractivity contribution in [2.75, 3.05) is 26.3 Å². The molecule has 1 rings (SSSR count). The molecule has 0 aliphatic rings. The molecule has 0 radical (unpaired) electrons. The Balaban J connectivity index is 2.24. The molecule has 5 nitrogen and oxygen atoms in total. The second kappa shape index (κ2) is 7.78. The van der Waals surface area contributed by atoms with E-state index in [1.165, 1.54) is 0 Å². The van der Waals surface area contributed by atoms with Gasteiger partial charge in [0.25, 0.3) is 0 Å². The number of carbonyl (C=O) groups excluding carboxylic acids is 1. The van der Waals surface area contributed by atoms with Crippen molar-refractivity contribution in [2.45, 2.75) is 6.10 Å². The van der Waals surface area contributed by atoms with Crippen molar-refractivity contribution < 1.29 is 14.6 Å². The lowest BCUT2D eigenvalue weighted by atomic mass is 10.1. The number of nitrogens with one attached hydrogen (secondary N) is 1. The van der Waals surface area contributed by atoms with Crippen LogP contribution in [0.2, 0.25) is 0 Å². The van der Waals surface area contributed by atoms with Gasteiger partial charge in [-0.25, -0.2) is 0 Å². The molecule has 0 saturated carbocycles. The summed E-state index contributed by atoms with van der Waals surface area (Å²) in [6.45, 7) is 0.891. The highest BCUT2D eigenvalue weighted by molar-refractivity contribution is 5.77. The molecule has 0 spiro atoms. The van der Waals surface area contributed by atoms with E-state index in [-0.39, 0.29) is 19.1 Å². The van der Waals surface area contributed by atoms with Gasteiger partial charge in [-0.15, -0.1) is 0 Å². The standard InChI is InChI=1S/C12H18N2O3/c13-6-7-17-9-12(16)14-8-11(15)10-4-2-1-3-5-10/h1-5,11,15H,6-9,13H2,(H,14,16). The third-order valence-electron chi connectivity index (χ3n) is 2.17. The molecular weight excluding hydrogens is 220 g/mol. The Bertz CT molecular complexity index is 330. The average Bonchev–Trinajstić information content (AvgIpc) is 2.37. The van der Waals surface area contributed by atoms with Crippen LogP contribution in [0, 0.1) is 0 Å². The lowest BCUT2D eigenvalue weighted by Gasteiger charge is -2.12. The van der Waals surface area contributed by atoms with Crippen molar-refractivity contribution in [3.63, 3.8) is 0 Å². The summed E-state index contributed by atoms with van der Waals surface area (Å²) in [7, 11) is 0. The average molecular weight is 238 g/mol. The van der Waals surface area contributed by atoms with Gasteiger partial charge in [0.2, 0.25) is 5.91 Å². The smallest absolute Gasteiger partial charge is 0.246 e. The summed E-state index contributed by atoms with van der Waals surface area (Å²) in [5, 5.41) is 12.4. The summed E-state index contributed by atoms with van der Waals surface area (Å²) >= 11 is 0. The minimum Gasteiger partial charge on any atom is -0.387 e. The van der Waals surface area contributed by atoms with E-state index in [0.29, 0.717) is 13.2 Å². The van der Waals surface area contributed by atoms with Crippen molar-refractivity contribution in [3.05, 3.63) is 35.9 Å². The summed E-state index contributed by atoms with van der Waals surface area (Å²) < 4.78 is 4.96. The summed E-state index contributed by atoms with van der Waals surface area (Å²) in [4.78, 5) is 11.3. The van der Waals surface area contributed by atoms with Crippen molar-refractivity contribution in [1.29, 1.82) is 0 Å². The largest absolute Gasteiger partial charge is 0.387 e. The zero-order valence-corrected chi connectivity index (χ0v) is 9.63. The summed E-state index contributed by atoms with van der Waals surface area (Å²) in [6.07, 6.45) is -0.699. The highest BCUT2D eigenvalue weighted by Gasteiger charge is 2.08. The first-order valence-electron chi connectivity index (χ1n) is 5.51. The van der Waals surface area contributed by atoms with Gasteiger partial charge in [0.05, 0.1) is 12.7 Å². The molecule has 94 valence electrons. The molecule has 0 aliphatic carbocycles. The number of carbonyl (C=O) groups is 1. The first-order chi connectivity index (χ1) is 8.24. The fourth-order valence-corrected chi connectivity index (χ4v) is 1.30. The van der Waals surface area contributed by atoms with Crippen LogP contribution in [0.25, 0.3) is 0 Å². The summed E-state index contributed by atoms with van der Waals surface area (Å²) in [6, 6.07) is 9.16. The summed E-state index contributed by atoms with van der Waals surface area (Å²) in [5.74, 6) is -0.256. The van der Waals surface area contributed by atoms with E-state index >= 15 is 0 Å². The molecule has 4 N–H and O–H groups in total. The molecule has 1 aromatic carbocycles. The van der Waals surface area contributed by atoms with Gasteiger partial charge >= 0.3 is 0 Å². The minimum atomic E-state index is -0.699. The number of rotatable bonds is 7. The van der Waals surface area contributed by atoms with Gasteiger partial charge in [0, 0.05) is 13.1 Å². The maximum absolute atomic E-state index is 11.3. The third-order valence-corrected chi connectivity index (χ3v) is 2.17. The molecule has 0 aromatic heterocycles.